The lowest BCUT2D eigenvalue weighted by Crippen LogP contribution is -2.39. The van der Waals surface area contributed by atoms with E-state index in [0.29, 0.717) is 11.3 Å². The van der Waals surface area contributed by atoms with Gasteiger partial charge in [-0.05, 0) is 24.6 Å². The van der Waals surface area contributed by atoms with Gasteiger partial charge in [-0.3, -0.25) is 4.79 Å². The van der Waals surface area contributed by atoms with Crippen molar-refractivity contribution in [2.45, 2.75) is 17.7 Å². The first-order valence-electron chi connectivity index (χ1n) is 5.42. The van der Waals surface area contributed by atoms with E-state index in [1.807, 2.05) is 40.9 Å². The zero-order valence-corrected chi connectivity index (χ0v) is 11.1. The molecule has 2 nitrogen and oxygen atoms in total. The van der Waals surface area contributed by atoms with Crippen molar-refractivity contribution in [1.82, 2.24) is 4.90 Å². The van der Waals surface area contributed by atoms with Crippen LogP contribution in [0.25, 0.3) is 0 Å². The van der Waals surface area contributed by atoms with Crippen molar-refractivity contribution in [3.63, 3.8) is 0 Å². The summed E-state index contributed by atoms with van der Waals surface area (Å²) in [6.07, 6.45) is 1.18. The number of carbonyl (C=O) groups excluding carboxylic acids is 1. The Hall–Kier alpha value is -0.480. The van der Waals surface area contributed by atoms with E-state index < -0.39 is 0 Å². The molecule has 4 heteroatoms. The number of halogens is 1. The minimum Gasteiger partial charge on any atom is -0.334 e. The molecule has 16 heavy (non-hydrogen) atoms. The van der Waals surface area contributed by atoms with Gasteiger partial charge in [0.25, 0.3) is 5.91 Å². The van der Waals surface area contributed by atoms with Crippen LogP contribution in [0.5, 0.6) is 0 Å². The Bertz CT molecular complexity index is 437. The third-order valence-electron chi connectivity index (χ3n) is 3.23. The Kier molecular flexibility index (Phi) is 2.72. The number of hydrogen-bond acceptors (Lipinski definition) is 2. The first-order valence-corrected chi connectivity index (χ1v) is 7.26. The van der Waals surface area contributed by atoms with Crippen molar-refractivity contribution in [3.8, 4) is 0 Å². The molecule has 0 aromatic heterocycles. The number of nitrogens with zero attached hydrogens (tertiary/aromatic N) is 1. The molecule has 0 spiro atoms. The molecule has 0 saturated carbocycles. The number of amides is 1. The van der Waals surface area contributed by atoms with E-state index in [9.17, 15) is 4.79 Å². The first-order chi connectivity index (χ1) is 7.74. The van der Waals surface area contributed by atoms with Gasteiger partial charge in [-0.1, -0.05) is 22.0 Å². The average molecular weight is 298 g/mol. The predicted molar refractivity (Wildman–Crippen MR) is 69.8 cm³/mol. The molecule has 2 fully saturated rings. The lowest BCUT2D eigenvalue weighted by Gasteiger charge is -2.26. The predicted octanol–water partition coefficient (Wildman–Crippen LogP) is 2.78. The molecule has 0 aliphatic carbocycles. The molecule has 2 saturated heterocycles. The largest absolute Gasteiger partial charge is 0.334 e. The van der Waals surface area contributed by atoms with Crippen molar-refractivity contribution in [2.75, 3.05) is 12.3 Å². The lowest BCUT2D eigenvalue weighted by atomic mass is 10.2. The molecule has 1 aromatic carbocycles. The van der Waals surface area contributed by atoms with E-state index in [0.717, 1.165) is 22.3 Å². The fourth-order valence-corrected chi connectivity index (χ4v) is 4.27. The summed E-state index contributed by atoms with van der Waals surface area (Å²) in [5.41, 5.74) is 0.798. The molecule has 2 aliphatic heterocycles. The number of rotatable bonds is 1. The molecule has 2 bridgehead atoms. The molecule has 2 atom stereocenters. The average Bonchev–Trinajstić information content (AvgIpc) is 2.89. The topological polar surface area (TPSA) is 20.3 Å². The summed E-state index contributed by atoms with van der Waals surface area (Å²) in [5.74, 6) is 1.30. The van der Waals surface area contributed by atoms with Gasteiger partial charge >= 0.3 is 0 Å². The Morgan fingerprint density at radius 2 is 2.38 bits per heavy atom. The van der Waals surface area contributed by atoms with Crippen molar-refractivity contribution in [3.05, 3.63) is 34.3 Å². The van der Waals surface area contributed by atoms with Crippen LogP contribution >= 0.6 is 27.7 Å². The minimum absolute atomic E-state index is 0.189. The molecule has 2 heterocycles. The third kappa shape index (κ3) is 1.78. The molecule has 84 valence electrons. The van der Waals surface area contributed by atoms with Crippen LogP contribution in [0.3, 0.4) is 0 Å². The molecule has 2 aliphatic rings. The molecule has 0 radical (unpaired) electrons. The van der Waals surface area contributed by atoms with E-state index >= 15 is 0 Å². The maximum atomic E-state index is 12.3. The normalized spacial score (nSPS) is 27.4. The van der Waals surface area contributed by atoms with E-state index in [2.05, 4.69) is 15.9 Å². The van der Waals surface area contributed by atoms with Crippen LogP contribution in [-0.4, -0.2) is 34.4 Å². The van der Waals surface area contributed by atoms with E-state index in [4.69, 9.17) is 0 Å². The Morgan fingerprint density at radius 3 is 3.00 bits per heavy atom. The van der Waals surface area contributed by atoms with Gasteiger partial charge in [-0.2, -0.15) is 11.8 Å². The Morgan fingerprint density at radius 1 is 1.50 bits per heavy atom. The van der Waals surface area contributed by atoms with E-state index in [1.54, 1.807) is 0 Å². The lowest BCUT2D eigenvalue weighted by molar-refractivity contribution is 0.0747. The van der Waals surface area contributed by atoms with Crippen molar-refractivity contribution < 1.29 is 4.79 Å². The van der Waals surface area contributed by atoms with E-state index in [1.165, 1.54) is 6.42 Å². The van der Waals surface area contributed by atoms with Crippen LogP contribution in [0.1, 0.15) is 16.8 Å². The van der Waals surface area contributed by atoms with Crippen LogP contribution in [-0.2, 0) is 0 Å². The second kappa shape index (κ2) is 4.08. The molecule has 3 rings (SSSR count). The number of benzene rings is 1. The molecule has 0 N–H and O–H groups in total. The fourth-order valence-electron chi connectivity index (χ4n) is 2.44. The number of likely N-dealkylation sites (tertiary alicyclic amines) is 1. The van der Waals surface area contributed by atoms with Gasteiger partial charge in [0.05, 0.1) is 0 Å². The van der Waals surface area contributed by atoms with Crippen LogP contribution in [0.4, 0.5) is 0 Å². The number of hydrogen-bond donors (Lipinski definition) is 0. The van der Waals surface area contributed by atoms with Gasteiger partial charge in [0, 0.05) is 33.6 Å². The van der Waals surface area contributed by atoms with Gasteiger partial charge in [-0.15, -0.1) is 0 Å². The molecular formula is C12H12BrNOS. The van der Waals surface area contributed by atoms with Crippen LogP contribution in [0.15, 0.2) is 28.7 Å². The van der Waals surface area contributed by atoms with Gasteiger partial charge in [0.1, 0.15) is 0 Å². The van der Waals surface area contributed by atoms with Crippen molar-refractivity contribution in [2.24, 2.45) is 0 Å². The summed E-state index contributed by atoms with van der Waals surface area (Å²) in [4.78, 5) is 14.3. The summed E-state index contributed by atoms with van der Waals surface area (Å²) in [6.45, 7) is 0.931. The number of carbonyl (C=O) groups is 1. The SMILES string of the molecule is O=C(c1cccc(Br)c1)N1C[C@H]2C[C@H]1CS2. The van der Waals surface area contributed by atoms with Gasteiger partial charge in [0.15, 0.2) is 0 Å². The molecule has 0 unspecified atom stereocenters. The summed E-state index contributed by atoms with van der Waals surface area (Å²) in [5, 5.41) is 0.682. The second-order valence-corrected chi connectivity index (χ2v) is 6.56. The highest BCUT2D eigenvalue weighted by molar-refractivity contribution is 9.10. The Labute approximate surface area is 108 Å². The monoisotopic (exact) mass is 297 g/mol. The van der Waals surface area contributed by atoms with Crippen LogP contribution < -0.4 is 0 Å². The van der Waals surface area contributed by atoms with Gasteiger partial charge < -0.3 is 4.90 Å². The number of fused-ring (bicyclic) bond motifs is 2. The standard InChI is InChI=1S/C12H12BrNOS/c13-9-3-1-2-8(4-9)12(15)14-6-11-5-10(14)7-16-11/h1-4,10-11H,5-7H2/t10-,11+/m0/s1. The Balaban J connectivity index is 1.83. The highest BCUT2D eigenvalue weighted by Crippen LogP contribution is 2.38. The highest BCUT2D eigenvalue weighted by atomic mass is 79.9. The van der Waals surface area contributed by atoms with Crippen LogP contribution in [0.2, 0.25) is 0 Å². The van der Waals surface area contributed by atoms with Gasteiger partial charge in [-0.25, -0.2) is 0 Å². The first kappa shape index (κ1) is 10.7. The maximum absolute atomic E-state index is 12.3. The van der Waals surface area contributed by atoms with E-state index in [-0.39, 0.29) is 5.91 Å². The number of thioether (sulfide) groups is 1. The zero-order chi connectivity index (χ0) is 11.1. The van der Waals surface area contributed by atoms with Crippen molar-refractivity contribution in [1.29, 1.82) is 0 Å². The summed E-state index contributed by atoms with van der Waals surface area (Å²) >= 11 is 5.41. The maximum Gasteiger partial charge on any atom is 0.254 e. The molecular weight excluding hydrogens is 286 g/mol. The highest BCUT2D eigenvalue weighted by Gasteiger charge is 2.41. The quantitative estimate of drug-likeness (QED) is 0.794. The smallest absolute Gasteiger partial charge is 0.254 e. The minimum atomic E-state index is 0.189. The zero-order valence-electron chi connectivity index (χ0n) is 8.73. The second-order valence-electron chi connectivity index (χ2n) is 4.31. The van der Waals surface area contributed by atoms with Crippen LogP contribution in [0, 0.1) is 0 Å². The van der Waals surface area contributed by atoms with Gasteiger partial charge in [0.2, 0.25) is 0 Å². The molecule has 1 aromatic rings. The summed E-state index contributed by atoms with van der Waals surface area (Å²) < 4.78 is 0.970. The van der Waals surface area contributed by atoms with Crippen molar-refractivity contribution >= 4 is 33.6 Å². The molecule has 1 amide bonds. The summed E-state index contributed by atoms with van der Waals surface area (Å²) in [7, 11) is 0. The third-order valence-corrected chi connectivity index (χ3v) is 5.12. The summed E-state index contributed by atoms with van der Waals surface area (Å²) in [6, 6.07) is 8.14. The fraction of sp³-hybridized carbons (Fsp3) is 0.417.